The maximum absolute atomic E-state index is 5.63. The molecule has 0 aromatic carbocycles. The third-order valence-corrected chi connectivity index (χ3v) is 4.74. The Hall–Kier alpha value is -1.09. The fourth-order valence-corrected chi connectivity index (χ4v) is 3.79. The number of ether oxygens (including phenoxy) is 1. The van der Waals surface area contributed by atoms with Crippen LogP contribution in [0.3, 0.4) is 0 Å². The van der Waals surface area contributed by atoms with E-state index in [1.165, 1.54) is 37.7 Å². The molecule has 0 amide bonds. The van der Waals surface area contributed by atoms with Crippen molar-refractivity contribution < 1.29 is 4.74 Å². The highest BCUT2D eigenvalue weighted by Crippen LogP contribution is 2.42. The second-order valence-corrected chi connectivity index (χ2v) is 6.28. The molecule has 3 heteroatoms. The first-order valence-electron chi connectivity index (χ1n) is 8.50. The fourth-order valence-electron chi connectivity index (χ4n) is 3.79. The minimum absolute atomic E-state index is 0.621. The zero-order chi connectivity index (χ0) is 15.1. The molecular weight excluding hydrogens is 260 g/mol. The maximum Gasteiger partial charge on any atom is 0.137 e. The van der Waals surface area contributed by atoms with Crippen molar-refractivity contribution >= 4 is 0 Å². The van der Waals surface area contributed by atoms with Gasteiger partial charge in [0.25, 0.3) is 0 Å². The van der Waals surface area contributed by atoms with E-state index in [0.717, 1.165) is 24.1 Å². The number of nitrogens with zero attached hydrogens (tertiary/aromatic N) is 1. The highest BCUT2D eigenvalue weighted by molar-refractivity contribution is 5.27. The van der Waals surface area contributed by atoms with E-state index in [-0.39, 0.29) is 0 Å². The van der Waals surface area contributed by atoms with E-state index in [9.17, 15) is 0 Å². The Kier molecular flexibility index (Phi) is 6.50. The molecule has 3 unspecified atom stereocenters. The molecule has 0 aliphatic heterocycles. The van der Waals surface area contributed by atoms with E-state index in [2.05, 4.69) is 30.3 Å². The van der Waals surface area contributed by atoms with Crippen molar-refractivity contribution in [3.05, 3.63) is 24.0 Å². The molecule has 3 nitrogen and oxygen atoms in total. The van der Waals surface area contributed by atoms with Crippen LogP contribution in [0, 0.1) is 11.8 Å². The minimum Gasteiger partial charge on any atom is -0.492 e. The summed E-state index contributed by atoms with van der Waals surface area (Å²) in [5.41, 5.74) is 1.36. The van der Waals surface area contributed by atoms with Crippen LogP contribution < -0.4 is 10.1 Å². The average Bonchev–Trinajstić information content (AvgIpc) is 2.50. The normalized spacial score (nSPS) is 25.8. The summed E-state index contributed by atoms with van der Waals surface area (Å²) in [6.45, 7) is 6.12. The zero-order valence-corrected chi connectivity index (χ0v) is 13.8. The Balaban J connectivity index is 2.15. The molecule has 1 N–H and O–H groups in total. The molecule has 1 fully saturated rings. The van der Waals surface area contributed by atoms with E-state index in [1.807, 2.05) is 19.3 Å². The lowest BCUT2D eigenvalue weighted by Crippen LogP contribution is -2.30. The second-order valence-electron chi connectivity index (χ2n) is 6.28. The van der Waals surface area contributed by atoms with Gasteiger partial charge in [-0.15, -0.1) is 0 Å². The Morgan fingerprint density at radius 3 is 2.86 bits per heavy atom. The first-order valence-corrected chi connectivity index (χ1v) is 8.50. The van der Waals surface area contributed by atoms with E-state index in [1.54, 1.807) is 0 Å². The Labute approximate surface area is 129 Å². The van der Waals surface area contributed by atoms with Gasteiger partial charge in [-0.3, -0.25) is 4.98 Å². The quantitative estimate of drug-likeness (QED) is 0.824. The van der Waals surface area contributed by atoms with E-state index >= 15 is 0 Å². The van der Waals surface area contributed by atoms with Crippen molar-refractivity contribution in [1.82, 2.24) is 10.3 Å². The lowest BCUT2D eigenvalue weighted by molar-refractivity contribution is 0.222. The third kappa shape index (κ3) is 4.44. The van der Waals surface area contributed by atoms with E-state index in [4.69, 9.17) is 4.74 Å². The van der Waals surface area contributed by atoms with Gasteiger partial charge in [0, 0.05) is 6.20 Å². The van der Waals surface area contributed by atoms with Gasteiger partial charge in [0.05, 0.1) is 12.8 Å². The molecule has 1 saturated carbocycles. The molecule has 1 aromatic rings. The largest absolute Gasteiger partial charge is 0.492 e. The Morgan fingerprint density at radius 1 is 1.29 bits per heavy atom. The molecule has 1 aliphatic rings. The smallest absolute Gasteiger partial charge is 0.137 e. The minimum atomic E-state index is 0.621. The van der Waals surface area contributed by atoms with Gasteiger partial charge in [-0.1, -0.05) is 26.2 Å². The summed E-state index contributed by atoms with van der Waals surface area (Å²) in [6.07, 6.45) is 10.5. The lowest BCUT2D eigenvalue weighted by Gasteiger charge is -2.36. The predicted octanol–water partition coefficient (Wildman–Crippen LogP) is 4.00. The fraction of sp³-hybridized carbons (Fsp3) is 0.722. The maximum atomic E-state index is 5.63. The van der Waals surface area contributed by atoms with E-state index in [0.29, 0.717) is 12.5 Å². The van der Waals surface area contributed by atoms with Crippen molar-refractivity contribution in [2.45, 2.75) is 51.9 Å². The number of rotatable bonds is 7. The van der Waals surface area contributed by atoms with Gasteiger partial charge in [0.15, 0.2) is 0 Å². The van der Waals surface area contributed by atoms with Crippen LogP contribution in [-0.4, -0.2) is 25.2 Å². The van der Waals surface area contributed by atoms with Crippen LogP contribution in [0.4, 0.5) is 0 Å². The second kappa shape index (κ2) is 8.38. The van der Waals surface area contributed by atoms with Crippen LogP contribution in [0.5, 0.6) is 5.75 Å². The highest BCUT2D eigenvalue weighted by Gasteiger charge is 2.31. The van der Waals surface area contributed by atoms with Gasteiger partial charge in [-0.05, 0) is 62.7 Å². The monoisotopic (exact) mass is 290 g/mol. The summed E-state index contributed by atoms with van der Waals surface area (Å²) in [5.74, 6) is 3.14. The zero-order valence-electron chi connectivity index (χ0n) is 13.8. The van der Waals surface area contributed by atoms with E-state index < -0.39 is 0 Å². The summed E-state index contributed by atoms with van der Waals surface area (Å²) in [6, 6.07) is 2.21. The molecule has 2 rings (SSSR count). The van der Waals surface area contributed by atoms with Gasteiger partial charge in [0.1, 0.15) is 5.75 Å². The Morgan fingerprint density at radius 2 is 2.14 bits per heavy atom. The number of hydrogen-bond acceptors (Lipinski definition) is 3. The molecule has 3 atom stereocenters. The summed E-state index contributed by atoms with van der Waals surface area (Å²) in [4.78, 5) is 4.40. The molecule has 118 valence electrons. The molecule has 1 aliphatic carbocycles. The number of hydrogen-bond donors (Lipinski definition) is 1. The van der Waals surface area contributed by atoms with Crippen LogP contribution in [0.15, 0.2) is 18.5 Å². The highest BCUT2D eigenvalue weighted by atomic mass is 16.5. The van der Waals surface area contributed by atoms with Crippen LogP contribution in [-0.2, 0) is 0 Å². The van der Waals surface area contributed by atoms with Crippen molar-refractivity contribution in [3.63, 3.8) is 0 Å². The topological polar surface area (TPSA) is 34.2 Å². The van der Waals surface area contributed by atoms with Crippen molar-refractivity contribution in [1.29, 1.82) is 0 Å². The number of aromatic nitrogens is 1. The van der Waals surface area contributed by atoms with Crippen LogP contribution in [0.25, 0.3) is 0 Å². The Bertz CT molecular complexity index is 421. The summed E-state index contributed by atoms with van der Waals surface area (Å²) in [5, 5.41) is 3.37. The average molecular weight is 290 g/mol. The predicted molar refractivity (Wildman–Crippen MR) is 87.8 cm³/mol. The van der Waals surface area contributed by atoms with Crippen molar-refractivity contribution in [2.75, 3.05) is 20.2 Å². The number of pyridine rings is 1. The van der Waals surface area contributed by atoms with Gasteiger partial charge < -0.3 is 10.1 Å². The molecule has 1 heterocycles. The van der Waals surface area contributed by atoms with Crippen LogP contribution in [0.1, 0.15) is 57.4 Å². The molecule has 0 saturated heterocycles. The lowest BCUT2D eigenvalue weighted by atomic mass is 9.70. The van der Waals surface area contributed by atoms with Gasteiger partial charge >= 0.3 is 0 Å². The molecule has 21 heavy (non-hydrogen) atoms. The van der Waals surface area contributed by atoms with Gasteiger partial charge in [0.2, 0.25) is 0 Å². The molecule has 0 radical (unpaired) electrons. The van der Waals surface area contributed by atoms with Crippen molar-refractivity contribution in [2.24, 2.45) is 11.8 Å². The van der Waals surface area contributed by atoms with Crippen LogP contribution >= 0.6 is 0 Å². The van der Waals surface area contributed by atoms with Gasteiger partial charge in [-0.25, -0.2) is 0 Å². The first kappa shape index (κ1) is 16.3. The summed E-state index contributed by atoms with van der Waals surface area (Å²) >= 11 is 0. The molecular formula is C18H30N2O. The van der Waals surface area contributed by atoms with Crippen molar-refractivity contribution in [3.8, 4) is 5.75 Å². The number of nitrogens with one attached hydrogen (secondary N) is 1. The molecule has 1 aromatic heterocycles. The SMILES string of the molecule is CCCC1CCC(CNC)C(c2cncc(OCC)c2)C1. The third-order valence-electron chi connectivity index (χ3n) is 4.74. The summed E-state index contributed by atoms with van der Waals surface area (Å²) in [7, 11) is 2.06. The molecule has 0 bridgehead atoms. The summed E-state index contributed by atoms with van der Waals surface area (Å²) < 4.78 is 5.63. The van der Waals surface area contributed by atoms with Crippen LogP contribution in [0.2, 0.25) is 0 Å². The molecule has 0 spiro atoms. The van der Waals surface area contributed by atoms with Gasteiger partial charge in [-0.2, -0.15) is 0 Å². The first-order chi connectivity index (χ1) is 10.3. The standard InChI is InChI=1S/C18H30N2O/c1-4-6-14-7-8-15(11-19-3)18(9-14)16-10-17(21-5-2)13-20-12-16/h10,12-15,18-19H,4-9,11H2,1-3H3.